The van der Waals surface area contributed by atoms with Crippen molar-refractivity contribution in [2.75, 3.05) is 7.11 Å². The van der Waals surface area contributed by atoms with Crippen molar-refractivity contribution < 1.29 is 18.7 Å². The van der Waals surface area contributed by atoms with Crippen molar-refractivity contribution in [2.45, 2.75) is 37.9 Å². The van der Waals surface area contributed by atoms with Gasteiger partial charge in [0.15, 0.2) is 5.78 Å². The molecule has 0 amide bonds. The smallest absolute Gasteiger partial charge is 0.169 e. The Hall–Kier alpha value is -1.42. The number of ketones is 1. The topological polar surface area (TPSA) is 35.5 Å². The van der Waals surface area contributed by atoms with Crippen LogP contribution in [-0.4, -0.2) is 25.1 Å². The lowest BCUT2D eigenvalue weighted by atomic mass is 9.87. The molecule has 2 heterocycles. The van der Waals surface area contributed by atoms with Crippen molar-refractivity contribution in [3.8, 4) is 5.75 Å². The SMILES string of the molecule is COc1ccc(F)cc1C(=O)C1CC2CCC(C1)O2. The van der Waals surface area contributed by atoms with E-state index in [9.17, 15) is 9.18 Å². The Bertz CT molecular complexity index is 488. The Balaban J connectivity index is 1.85. The maximum atomic E-state index is 13.3. The predicted molar refractivity (Wildman–Crippen MR) is 67.9 cm³/mol. The molecule has 0 saturated carbocycles. The van der Waals surface area contributed by atoms with Gasteiger partial charge in [-0.3, -0.25) is 4.79 Å². The van der Waals surface area contributed by atoms with E-state index in [0.29, 0.717) is 11.3 Å². The Morgan fingerprint density at radius 3 is 2.63 bits per heavy atom. The van der Waals surface area contributed by atoms with Crippen molar-refractivity contribution >= 4 is 5.78 Å². The molecule has 0 spiro atoms. The number of rotatable bonds is 3. The van der Waals surface area contributed by atoms with E-state index in [0.717, 1.165) is 25.7 Å². The van der Waals surface area contributed by atoms with Crippen LogP contribution in [0.2, 0.25) is 0 Å². The number of hydrogen-bond donors (Lipinski definition) is 0. The van der Waals surface area contributed by atoms with E-state index in [1.54, 1.807) is 0 Å². The molecule has 0 radical (unpaired) electrons. The highest BCUT2D eigenvalue weighted by Crippen LogP contribution is 2.38. The minimum Gasteiger partial charge on any atom is -0.496 e. The van der Waals surface area contributed by atoms with E-state index in [1.807, 2.05) is 0 Å². The summed E-state index contributed by atoms with van der Waals surface area (Å²) in [6.45, 7) is 0. The lowest BCUT2D eigenvalue weighted by Gasteiger charge is -2.27. The third-order valence-corrected chi connectivity index (χ3v) is 4.09. The quantitative estimate of drug-likeness (QED) is 0.787. The normalized spacial score (nSPS) is 29.3. The molecular formula is C15H17FO3. The highest BCUT2D eigenvalue weighted by molar-refractivity contribution is 6.00. The number of methoxy groups -OCH3 is 1. The van der Waals surface area contributed by atoms with Gasteiger partial charge in [0, 0.05) is 5.92 Å². The van der Waals surface area contributed by atoms with Crippen molar-refractivity contribution in [3.63, 3.8) is 0 Å². The average Bonchev–Trinajstić information content (AvgIpc) is 2.76. The molecule has 2 fully saturated rings. The fourth-order valence-electron chi connectivity index (χ4n) is 3.16. The first kappa shape index (κ1) is 12.6. The third kappa shape index (κ3) is 2.37. The maximum absolute atomic E-state index is 13.3. The number of ether oxygens (including phenoxy) is 2. The monoisotopic (exact) mass is 264 g/mol. The highest BCUT2D eigenvalue weighted by Gasteiger charge is 2.38. The van der Waals surface area contributed by atoms with Crippen LogP contribution in [-0.2, 0) is 4.74 Å². The Labute approximate surface area is 111 Å². The van der Waals surface area contributed by atoms with Gasteiger partial charge in [-0.2, -0.15) is 0 Å². The summed E-state index contributed by atoms with van der Waals surface area (Å²) in [7, 11) is 1.50. The molecule has 1 aromatic carbocycles. The highest BCUT2D eigenvalue weighted by atomic mass is 19.1. The molecule has 2 aliphatic rings. The maximum Gasteiger partial charge on any atom is 0.169 e. The second-order valence-electron chi connectivity index (χ2n) is 5.33. The number of benzene rings is 1. The van der Waals surface area contributed by atoms with Crippen LogP contribution in [0.15, 0.2) is 18.2 Å². The fraction of sp³-hybridized carbons (Fsp3) is 0.533. The van der Waals surface area contributed by atoms with E-state index < -0.39 is 5.82 Å². The van der Waals surface area contributed by atoms with Gasteiger partial charge in [-0.15, -0.1) is 0 Å². The molecule has 0 aromatic heterocycles. The second-order valence-corrected chi connectivity index (χ2v) is 5.33. The zero-order valence-electron chi connectivity index (χ0n) is 10.9. The third-order valence-electron chi connectivity index (χ3n) is 4.09. The van der Waals surface area contributed by atoms with Gasteiger partial charge in [-0.25, -0.2) is 4.39 Å². The standard InChI is InChI=1S/C15H17FO3/c1-18-14-5-2-10(16)8-13(14)15(17)9-6-11-3-4-12(7-9)19-11/h2,5,8-9,11-12H,3-4,6-7H2,1H3. The van der Waals surface area contributed by atoms with Crippen LogP contribution in [0.1, 0.15) is 36.0 Å². The molecule has 1 aromatic rings. The second kappa shape index (κ2) is 4.93. The molecule has 2 unspecified atom stereocenters. The van der Waals surface area contributed by atoms with E-state index in [-0.39, 0.29) is 23.9 Å². The molecular weight excluding hydrogens is 247 g/mol. The van der Waals surface area contributed by atoms with Crippen molar-refractivity contribution in [1.82, 2.24) is 0 Å². The largest absolute Gasteiger partial charge is 0.496 e. The van der Waals surface area contributed by atoms with E-state index in [2.05, 4.69) is 0 Å². The zero-order valence-corrected chi connectivity index (χ0v) is 10.9. The first-order valence-corrected chi connectivity index (χ1v) is 6.70. The Morgan fingerprint density at radius 2 is 2.00 bits per heavy atom. The Kier molecular flexibility index (Phi) is 3.27. The van der Waals surface area contributed by atoms with Crippen LogP contribution in [0.5, 0.6) is 5.75 Å². The molecule has 4 heteroatoms. The summed E-state index contributed by atoms with van der Waals surface area (Å²) in [6.07, 6.45) is 3.97. The van der Waals surface area contributed by atoms with Gasteiger partial charge in [-0.05, 0) is 43.9 Å². The van der Waals surface area contributed by atoms with E-state index >= 15 is 0 Å². The number of fused-ring (bicyclic) bond motifs is 2. The summed E-state index contributed by atoms with van der Waals surface area (Å²) in [4.78, 5) is 12.5. The van der Waals surface area contributed by atoms with Gasteiger partial charge in [0.25, 0.3) is 0 Å². The summed E-state index contributed by atoms with van der Waals surface area (Å²) < 4.78 is 24.2. The van der Waals surface area contributed by atoms with E-state index in [1.165, 1.54) is 25.3 Å². The summed E-state index contributed by atoms with van der Waals surface area (Å²) >= 11 is 0. The summed E-state index contributed by atoms with van der Waals surface area (Å²) in [6, 6.07) is 4.10. The van der Waals surface area contributed by atoms with Gasteiger partial charge in [0.1, 0.15) is 11.6 Å². The number of carbonyl (C=O) groups excluding carboxylic acids is 1. The fourth-order valence-corrected chi connectivity index (χ4v) is 3.16. The van der Waals surface area contributed by atoms with Crippen molar-refractivity contribution in [2.24, 2.45) is 5.92 Å². The number of hydrogen-bond acceptors (Lipinski definition) is 3. The Morgan fingerprint density at radius 1 is 1.32 bits per heavy atom. The average molecular weight is 264 g/mol. The van der Waals surface area contributed by atoms with Crippen LogP contribution in [0.3, 0.4) is 0 Å². The molecule has 2 atom stereocenters. The summed E-state index contributed by atoms with van der Waals surface area (Å²) in [5, 5.41) is 0. The minimum atomic E-state index is -0.404. The van der Waals surface area contributed by atoms with Gasteiger partial charge in [-0.1, -0.05) is 0 Å². The molecule has 0 N–H and O–H groups in total. The van der Waals surface area contributed by atoms with Gasteiger partial charge < -0.3 is 9.47 Å². The molecule has 2 saturated heterocycles. The first-order chi connectivity index (χ1) is 9.17. The number of carbonyl (C=O) groups is 1. The van der Waals surface area contributed by atoms with Crippen molar-refractivity contribution in [3.05, 3.63) is 29.6 Å². The van der Waals surface area contributed by atoms with Crippen molar-refractivity contribution in [1.29, 1.82) is 0 Å². The summed E-state index contributed by atoms with van der Waals surface area (Å²) in [5.74, 6) is -0.0390. The molecule has 102 valence electrons. The van der Waals surface area contributed by atoms with Crippen LogP contribution >= 0.6 is 0 Å². The minimum absolute atomic E-state index is 0.0171. The zero-order chi connectivity index (χ0) is 13.4. The van der Waals surface area contributed by atoms with E-state index in [4.69, 9.17) is 9.47 Å². The first-order valence-electron chi connectivity index (χ1n) is 6.70. The van der Waals surface area contributed by atoms with Gasteiger partial charge >= 0.3 is 0 Å². The molecule has 19 heavy (non-hydrogen) atoms. The number of Topliss-reactive ketones (excluding diaryl/α,β-unsaturated/α-hetero) is 1. The lowest BCUT2D eigenvalue weighted by molar-refractivity contribution is -0.0149. The summed E-state index contributed by atoms with van der Waals surface area (Å²) in [5.41, 5.74) is 0.355. The molecule has 2 bridgehead atoms. The van der Waals surface area contributed by atoms with Gasteiger partial charge in [0.05, 0.1) is 24.9 Å². The lowest BCUT2D eigenvalue weighted by Crippen LogP contribution is -2.30. The van der Waals surface area contributed by atoms with Gasteiger partial charge in [0.2, 0.25) is 0 Å². The van der Waals surface area contributed by atoms with Crippen LogP contribution in [0.25, 0.3) is 0 Å². The molecule has 2 aliphatic heterocycles. The molecule has 3 rings (SSSR count). The van der Waals surface area contributed by atoms with Crippen LogP contribution in [0.4, 0.5) is 4.39 Å². The molecule has 0 aliphatic carbocycles. The predicted octanol–water partition coefficient (Wildman–Crippen LogP) is 2.97. The van der Waals surface area contributed by atoms with Crippen LogP contribution in [0, 0.1) is 11.7 Å². The molecule has 3 nitrogen and oxygen atoms in total. The number of halogens is 1. The van der Waals surface area contributed by atoms with Crippen LogP contribution < -0.4 is 4.74 Å².